The Morgan fingerprint density at radius 1 is 1.37 bits per heavy atom. The maximum absolute atomic E-state index is 13.5. The van der Waals surface area contributed by atoms with Gasteiger partial charge in [0.05, 0.1) is 16.5 Å². The number of amides is 1. The molecule has 0 spiro atoms. The second-order valence-corrected chi connectivity index (χ2v) is 4.48. The van der Waals surface area contributed by atoms with Crippen LogP contribution < -0.4 is 0 Å². The highest BCUT2D eigenvalue weighted by atomic mass is 19.1. The molecule has 0 radical (unpaired) electrons. The standard InChI is InChI=1S/C13H13FN2O3/c1-6-8(14)4-9(17)10-7(5-15-11(6)10)12(18)13(19)16(2)3/h4-5,15,17H,1-3H3. The molecule has 0 fully saturated rings. The van der Waals surface area contributed by atoms with Crippen molar-refractivity contribution in [1.82, 2.24) is 9.88 Å². The predicted octanol–water partition coefficient (Wildman–Crippen LogP) is 1.59. The number of likely N-dealkylation sites (N-methyl/N-ethyl adjacent to an activating group) is 1. The number of nitrogens with zero attached hydrogens (tertiary/aromatic N) is 1. The van der Waals surface area contributed by atoms with E-state index < -0.39 is 17.5 Å². The van der Waals surface area contributed by atoms with Crippen LogP contribution in [0.25, 0.3) is 10.9 Å². The molecule has 5 nitrogen and oxygen atoms in total. The van der Waals surface area contributed by atoms with Gasteiger partial charge in [0, 0.05) is 31.9 Å². The lowest BCUT2D eigenvalue weighted by Crippen LogP contribution is -2.29. The molecular formula is C13H13FN2O3. The van der Waals surface area contributed by atoms with Gasteiger partial charge in [-0.1, -0.05) is 0 Å². The van der Waals surface area contributed by atoms with Crippen LogP contribution in [0.3, 0.4) is 0 Å². The van der Waals surface area contributed by atoms with Crippen molar-refractivity contribution in [3.05, 3.63) is 29.2 Å². The number of fused-ring (bicyclic) bond motifs is 1. The SMILES string of the molecule is Cc1c(F)cc(O)c2c(C(=O)C(=O)N(C)C)c[nH]c12. The maximum Gasteiger partial charge on any atom is 0.294 e. The van der Waals surface area contributed by atoms with Crippen LogP contribution in [0.2, 0.25) is 0 Å². The van der Waals surface area contributed by atoms with E-state index in [-0.39, 0.29) is 22.3 Å². The van der Waals surface area contributed by atoms with Gasteiger partial charge in [0.2, 0.25) is 0 Å². The van der Waals surface area contributed by atoms with Crippen molar-refractivity contribution < 1.29 is 19.1 Å². The van der Waals surface area contributed by atoms with Gasteiger partial charge in [-0.3, -0.25) is 9.59 Å². The summed E-state index contributed by atoms with van der Waals surface area (Å²) < 4.78 is 13.5. The number of hydrogen-bond acceptors (Lipinski definition) is 3. The minimum Gasteiger partial charge on any atom is -0.507 e. The first kappa shape index (κ1) is 13.1. The van der Waals surface area contributed by atoms with Crippen molar-refractivity contribution in [1.29, 1.82) is 0 Å². The summed E-state index contributed by atoms with van der Waals surface area (Å²) in [7, 11) is 2.92. The number of aromatic amines is 1. The summed E-state index contributed by atoms with van der Waals surface area (Å²) in [4.78, 5) is 27.5. The normalized spacial score (nSPS) is 10.7. The van der Waals surface area contributed by atoms with Crippen molar-refractivity contribution in [2.45, 2.75) is 6.92 Å². The minimum absolute atomic E-state index is 0.0364. The zero-order valence-corrected chi connectivity index (χ0v) is 10.7. The molecule has 1 heterocycles. The number of ketones is 1. The first-order valence-electron chi connectivity index (χ1n) is 5.59. The first-order valence-corrected chi connectivity index (χ1v) is 5.59. The van der Waals surface area contributed by atoms with E-state index >= 15 is 0 Å². The number of nitrogens with one attached hydrogen (secondary N) is 1. The van der Waals surface area contributed by atoms with E-state index in [9.17, 15) is 19.1 Å². The van der Waals surface area contributed by atoms with Gasteiger partial charge in [0.15, 0.2) is 0 Å². The van der Waals surface area contributed by atoms with E-state index in [1.165, 1.54) is 27.2 Å². The fraction of sp³-hybridized carbons (Fsp3) is 0.231. The van der Waals surface area contributed by atoms with Crippen molar-refractivity contribution in [2.24, 2.45) is 0 Å². The molecule has 0 saturated heterocycles. The number of aromatic hydroxyl groups is 1. The Balaban J connectivity index is 2.68. The third-order valence-electron chi connectivity index (χ3n) is 2.98. The fourth-order valence-corrected chi connectivity index (χ4v) is 1.90. The largest absolute Gasteiger partial charge is 0.507 e. The molecule has 0 unspecified atom stereocenters. The molecule has 0 aliphatic rings. The van der Waals surface area contributed by atoms with Crippen LogP contribution in [-0.4, -0.2) is 40.8 Å². The number of carbonyl (C=O) groups excluding carboxylic acids is 2. The topological polar surface area (TPSA) is 73.4 Å². The summed E-state index contributed by atoms with van der Waals surface area (Å²) in [5.74, 6) is -2.40. The molecule has 6 heteroatoms. The van der Waals surface area contributed by atoms with E-state index in [2.05, 4.69) is 4.98 Å². The smallest absolute Gasteiger partial charge is 0.294 e. The van der Waals surface area contributed by atoms with Crippen LogP contribution in [0.15, 0.2) is 12.3 Å². The first-order chi connectivity index (χ1) is 8.84. The summed E-state index contributed by atoms with van der Waals surface area (Å²) in [5, 5.41) is 9.94. The number of Topliss-reactive ketones (excluding diaryl/α,β-unsaturated/α-hetero) is 1. The van der Waals surface area contributed by atoms with Gasteiger partial charge in [-0.2, -0.15) is 0 Å². The van der Waals surface area contributed by atoms with Crippen LogP contribution >= 0.6 is 0 Å². The lowest BCUT2D eigenvalue weighted by Gasteiger charge is -2.08. The van der Waals surface area contributed by atoms with Gasteiger partial charge < -0.3 is 15.0 Å². The van der Waals surface area contributed by atoms with E-state index in [0.29, 0.717) is 5.52 Å². The second kappa shape index (κ2) is 4.38. The highest BCUT2D eigenvalue weighted by Crippen LogP contribution is 2.32. The number of phenolic OH excluding ortho intramolecular Hbond substituents is 1. The number of phenols is 1. The monoisotopic (exact) mass is 264 g/mol. The Morgan fingerprint density at radius 2 is 2.00 bits per heavy atom. The van der Waals surface area contributed by atoms with Gasteiger partial charge in [0.1, 0.15) is 11.6 Å². The van der Waals surface area contributed by atoms with Gasteiger partial charge in [-0.05, 0) is 6.92 Å². The molecule has 1 amide bonds. The fourth-order valence-electron chi connectivity index (χ4n) is 1.90. The van der Waals surface area contributed by atoms with Crippen LogP contribution in [0.4, 0.5) is 4.39 Å². The van der Waals surface area contributed by atoms with Crippen LogP contribution in [-0.2, 0) is 4.79 Å². The molecule has 0 aliphatic heterocycles. The number of aryl methyl sites for hydroxylation is 1. The molecule has 19 heavy (non-hydrogen) atoms. The van der Waals surface area contributed by atoms with Crippen molar-refractivity contribution in [3.63, 3.8) is 0 Å². The molecule has 0 bridgehead atoms. The molecule has 2 aromatic rings. The van der Waals surface area contributed by atoms with Gasteiger partial charge in [-0.15, -0.1) is 0 Å². The number of rotatable bonds is 2. The summed E-state index contributed by atoms with van der Waals surface area (Å²) in [6, 6.07) is 0.933. The van der Waals surface area contributed by atoms with Gasteiger partial charge >= 0.3 is 0 Å². The molecule has 0 aliphatic carbocycles. The number of halogens is 1. The highest BCUT2D eigenvalue weighted by Gasteiger charge is 2.24. The summed E-state index contributed by atoms with van der Waals surface area (Å²) in [5.41, 5.74) is 0.630. The third-order valence-corrected chi connectivity index (χ3v) is 2.98. The Morgan fingerprint density at radius 3 is 2.58 bits per heavy atom. The highest BCUT2D eigenvalue weighted by molar-refractivity contribution is 6.45. The van der Waals surface area contributed by atoms with Gasteiger partial charge in [0.25, 0.3) is 11.7 Å². The number of hydrogen-bond donors (Lipinski definition) is 2. The molecule has 1 aromatic heterocycles. The molecule has 2 rings (SSSR count). The molecular weight excluding hydrogens is 251 g/mol. The Kier molecular flexibility index (Phi) is 3.01. The maximum atomic E-state index is 13.5. The van der Waals surface area contributed by atoms with E-state index in [1.54, 1.807) is 0 Å². The molecule has 1 aromatic carbocycles. The summed E-state index contributed by atoms with van der Waals surface area (Å²) in [6.45, 7) is 1.52. The number of H-pyrrole nitrogens is 1. The summed E-state index contributed by atoms with van der Waals surface area (Å²) >= 11 is 0. The van der Waals surface area contributed by atoms with E-state index in [1.807, 2.05) is 0 Å². The van der Waals surface area contributed by atoms with Gasteiger partial charge in [-0.25, -0.2) is 4.39 Å². The second-order valence-electron chi connectivity index (χ2n) is 4.48. The van der Waals surface area contributed by atoms with Crippen molar-refractivity contribution in [3.8, 4) is 5.75 Å². The molecule has 0 saturated carbocycles. The number of carbonyl (C=O) groups is 2. The number of benzene rings is 1. The van der Waals surface area contributed by atoms with Crippen LogP contribution in [0.5, 0.6) is 5.75 Å². The average molecular weight is 264 g/mol. The zero-order chi connectivity index (χ0) is 14.3. The lowest BCUT2D eigenvalue weighted by atomic mass is 10.0. The quantitative estimate of drug-likeness (QED) is 0.639. The third kappa shape index (κ3) is 1.95. The molecule has 100 valence electrons. The van der Waals surface area contributed by atoms with Crippen LogP contribution in [0.1, 0.15) is 15.9 Å². The Hall–Kier alpha value is -2.37. The predicted molar refractivity (Wildman–Crippen MR) is 67.7 cm³/mol. The summed E-state index contributed by atoms with van der Waals surface area (Å²) in [6.07, 6.45) is 1.31. The number of aromatic nitrogens is 1. The van der Waals surface area contributed by atoms with Crippen molar-refractivity contribution in [2.75, 3.05) is 14.1 Å². The lowest BCUT2D eigenvalue weighted by molar-refractivity contribution is -0.124. The zero-order valence-electron chi connectivity index (χ0n) is 10.7. The van der Waals surface area contributed by atoms with Crippen molar-refractivity contribution >= 4 is 22.6 Å². The Bertz CT molecular complexity index is 689. The van der Waals surface area contributed by atoms with E-state index in [4.69, 9.17) is 0 Å². The molecule has 2 N–H and O–H groups in total. The average Bonchev–Trinajstić information content (AvgIpc) is 2.79. The Labute approximate surface area is 108 Å². The van der Waals surface area contributed by atoms with Crippen LogP contribution in [0, 0.1) is 12.7 Å². The molecule has 0 atom stereocenters. The van der Waals surface area contributed by atoms with E-state index in [0.717, 1.165) is 11.0 Å². The minimum atomic E-state index is -0.752.